The van der Waals surface area contributed by atoms with Crippen LogP contribution < -0.4 is 34.7 Å². The number of carboxylic acids is 1. The van der Waals surface area contributed by atoms with E-state index >= 15 is 0 Å². The Balaban J connectivity index is 0.00000484. The van der Waals surface area contributed by atoms with Gasteiger partial charge in [0.1, 0.15) is 5.82 Å². The molecule has 1 amide bonds. The number of fused-ring (bicyclic) bond motifs is 1. The quantitative estimate of drug-likeness (QED) is 0.244. The van der Waals surface area contributed by atoms with Gasteiger partial charge >= 0.3 is 29.6 Å². The zero-order valence-electron chi connectivity index (χ0n) is 24.7. The molecule has 0 aliphatic carbocycles. The van der Waals surface area contributed by atoms with Crippen molar-refractivity contribution in [3.05, 3.63) is 76.9 Å². The van der Waals surface area contributed by atoms with Crippen LogP contribution in [0.25, 0.3) is 0 Å². The summed E-state index contributed by atoms with van der Waals surface area (Å²) in [6.45, 7) is 6.23. The molecule has 2 heterocycles. The van der Waals surface area contributed by atoms with Crippen LogP contribution in [0.15, 0.2) is 48.5 Å². The fourth-order valence-corrected chi connectivity index (χ4v) is 5.37. The van der Waals surface area contributed by atoms with Crippen molar-refractivity contribution in [3.8, 4) is 0 Å². The summed E-state index contributed by atoms with van der Waals surface area (Å²) >= 11 is 0. The van der Waals surface area contributed by atoms with Crippen LogP contribution in [0.2, 0.25) is 0 Å². The van der Waals surface area contributed by atoms with E-state index in [9.17, 15) is 24.2 Å². The maximum atomic E-state index is 13.6. The number of halogens is 1. The summed E-state index contributed by atoms with van der Waals surface area (Å²) in [7, 11) is 0. The minimum absolute atomic E-state index is 0. The standard InChI is InChI=1S/C30H39FN6O4.Na/c1-21(2)16-27(36(20-26(38)17-29(40)41)18-22-9-11-25(31)12-10-22)30-32-33-34-37(30)14-5-8-28(39)35-15-13-23-6-3-4-7-24(23)19-35;/h3-4,6-7,9-12,21,26-27,38H,5,8,13-20H2,1-2H3,(H,40,41);/q;+1/p-1. The van der Waals surface area contributed by atoms with Crippen molar-refractivity contribution in [1.29, 1.82) is 0 Å². The van der Waals surface area contributed by atoms with E-state index in [1.807, 2.05) is 21.9 Å². The number of amides is 1. The molecule has 1 aromatic heterocycles. The van der Waals surface area contributed by atoms with Crippen LogP contribution in [0, 0.1) is 11.7 Å². The van der Waals surface area contributed by atoms with Gasteiger partial charge in [-0.25, -0.2) is 9.07 Å². The molecule has 42 heavy (non-hydrogen) atoms. The van der Waals surface area contributed by atoms with Gasteiger partial charge in [-0.2, -0.15) is 0 Å². The molecule has 0 radical (unpaired) electrons. The number of aliphatic hydroxyl groups excluding tert-OH is 1. The van der Waals surface area contributed by atoms with Crippen molar-refractivity contribution in [2.45, 2.75) is 77.7 Å². The second-order valence-electron chi connectivity index (χ2n) is 11.1. The van der Waals surface area contributed by atoms with Gasteiger partial charge in [-0.3, -0.25) is 9.69 Å². The number of carbonyl (C=O) groups excluding carboxylic acids is 2. The first-order valence-electron chi connectivity index (χ1n) is 14.2. The van der Waals surface area contributed by atoms with Crippen LogP contribution in [0.4, 0.5) is 4.39 Å². The first-order valence-corrected chi connectivity index (χ1v) is 14.2. The van der Waals surface area contributed by atoms with Gasteiger partial charge in [0, 0.05) is 51.5 Å². The van der Waals surface area contributed by atoms with Gasteiger partial charge in [0.2, 0.25) is 5.91 Å². The Bertz CT molecular complexity index is 1300. The molecule has 1 aliphatic heterocycles. The van der Waals surface area contributed by atoms with Crippen molar-refractivity contribution >= 4 is 11.9 Å². The number of aliphatic carboxylic acids is 1. The Morgan fingerprint density at radius 3 is 2.52 bits per heavy atom. The summed E-state index contributed by atoms with van der Waals surface area (Å²) in [6.07, 6.45) is 0.707. The predicted octanol–water partition coefficient (Wildman–Crippen LogP) is -0.728. The van der Waals surface area contributed by atoms with E-state index in [4.69, 9.17) is 0 Å². The molecule has 0 bridgehead atoms. The molecule has 0 spiro atoms. The second-order valence-corrected chi connectivity index (χ2v) is 11.1. The molecule has 1 N–H and O–H groups in total. The van der Waals surface area contributed by atoms with E-state index in [0.717, 1.165) is 12.0 Å². The maximum Gasteiger partial charge on any atom is 1.00 e. The predicted molar refractivity (Wildman–Crippen MR) is 147 cm³/mol. The largest absolute Gasteiger partial charge is 1.00 e. The van der Waals surface area contributed by atoms with Crippen molar-refractivity contribution in [1.82, 2.24) is 30.0 Å². The first-order chi connectivity index (χ1) is 19.7. The smallest absolute Gasteiger partial charge is 0.550 e. The molecule has 0 saturated heterocycles. The Labute approximate surface area is 268 Å². The number of benzene rings is 2. The summed E-state index contributed by atoms with van der Waals surface area (Å²) in [6, 6.07) is 13.9. The number of nitrogens with zero attached hydrogens (tertiary/aromatic N) is 6. The fraction of sp³-hybridized carbons (Fsp3) is 0.500. The molecule has 0 saturated carbocycles. The van der Waals surface area contributed by atoms with E-state index in [1.165, 1.54) is 23.3 Å². The number of aryl methyl sites for hydroxylation is 1. The van der Waals surface area contributed by atoms with Crippen molar-refractivity contribution in [3.63, 3.8) is 0 Å². The van der Waals surface area contributed by atoms with Crippen LogP contribution in [-0.2, 0) is 35.6 Å². The maximum absolute atomic E-state index is 13.6. The van der Waals surface area contributed by atoms with Crippen LogP contribution >= 0.6 is 0 Å². The van der Waals surface area contributed by atoms with Gasteiger partial charge in [0.25, 0.3) is 0 Å². The SMILES string of the molecule is CC(C)CC(c1nnnn1CCCC(=O)N1CCc2ccccc2C1)N(Cc1ccc(F)cc1)CC(O)CC(=O)[O-].[Na+]. The van der Waals surface area contributed by atoms with Gasteiger partial charge in [0.15, 0.2) is 5.82 Å². The summed E-state index contributed by atoms with van der Waals surface area (Å²) in [5.74, 6) is -0.811. The minimum atomic E-state index is -1.34. The normalized spacial score (nSPS) is 14.4. The van der Waals surface area contributed by atoms with E-state index in [2.05, 4.69) is 41.5 Å². The number of tetrazole rings is 1. The van der Waals surface area contributed by atoms with E-state index in [0.29, 0.717) is 51.3 Å². The molecular formula is C30H38FN6NaO4. The number of rotatable bonds is 14. The van der Waals surface area contributed by atoms with Crippen molar-refractivity contribution in [2.24, 2.45) is 5.92 Å². The Hall–Kier alpha value is -2.70. The first kappa shape index (κ1) is 33.8. The topological polar surface area (TPSA) is 128 Å². The Kier molecular flexibility index (Phi) is 13.1. The number of aromatic nitrogens is 4. The molecule has 1 aliphatic rings. The number of aliphatic hydroxyl groups is 1. The van der Waals surface area contributed by atoms with Gasteiger partial charge < -0.3 is 19.9 Å². The van der Waals surface area contributed by atoms with Crippen LogP contribution in [0.3, 0.4) is 0 Å². The summed E-state index contributed by atoms with van der Waals surface area (Å²) in [4.78, 5) is 28.0. The van der Waals surface area contributed by atoms with Crippen LogP contribution in [0.5, 0.6) is 0 Å². The third-order valence-corrected chi connectivity index (χ3v) is 7.38. The zero-order valence-corrected chi connectivity index (χ0v) is 26.7. The Morgan fingerprint density at radius 1 is 1.12 bits per heavy atom. The van der Waals surface area contributed by atoms with E-state index in [-0.39, 0.29) is 59.8 Å². The van der Waals surface area contributed by atoms with Gasteiger partial charge in [0.05, 0.1) is 12.1 Å². The minimum Gasteiger partial charge on any atom is -0.550 e. The summed E-state index contributed by atoms with van der Waals surface area (Å²) < 4.78 is 15.3. The van der Waals surface area contributed by atoms with E-state index < -0.39 is 18.5 Å². The summed E-state index contributed by atoms with van der Waals surface area (Å²) in [5.41, 5.74) is 3.28. The van der Waals surface area contributed by atoms with Gasteiger partial charge in [-0.1, -0.05) is 50.2 Å². The molecule has 220 valence electrons. The fourth-order valence-electron chi connectivity index (χ4n) is 5.37. The van der Waals surface area contributed by atoms with E-state index in [1.54, 1.807) is 16.8 Å². The number of hydrogen-bond acceptors (Lipinski definition) is 8. The monoisotopic (exact) mass is 588 g/mol. The molecular weight excluding hydrogens is 550 g/mol. The number of hydrogen-bond donors (Lipinski definition) is 1. The molecule has 4 rings (SSSR count). The zero-order chi connectivity index (χ0) is 29.4. The Morgan fingerprint density at radius 2 is 1.83 bits per heavy atom. The molecule has 2 unspecified atom stereocenters. The second kappa shape index (κ2) is 16.2. The van der Waals surface area contributed by atoms with Gasteiger partial charge in [-0.15, -0.1) is 5.10 Å². The number of carbonyl (C=O) groups is 2. The van der Waals surface area contributed by atoms with Crippen LogP contribution in [-0.4, -0.2) is 66.2 Å². The molecule has 12 heteroatoms. The molecule has 10 nitrogen and oxygen atoms in total. The third-order valence-electron chi connectivity index (χ3n) is 7.38. The molecule has 3 aromatic rings. The molecule has 2 aromatic carbocycles. The van der Waals surface area contributed by atoms with Gasteiger partial charge in [-0.05, 0) is 64.4 Å². The van der Waals surface area contributed by atoms with Crippen LogP contribution in [0.1, 0.15) is 68.1 Å². The van der Waals surface area contributed by atoms with Crippen molar-refractivity contribution in [2.75, 3.05) is 13.1 Å². The third kappa shape index (κ3) is 9.67. The molecule has 2 atom stereocenters. The average Bonchev–Trinajstić information content (AvgIpc) is 3.40. The van der Waals surface area contributed by atoms with Crippen molar-refractivity contribution < 1.29 is 53.7 Å². The summed E-state index contributed by atoms with van der Waals surface area (Å²) in [5, 5.41) is 34.1. The average molecular weight is 589 g/mol. The molecule has 0 fully saturated rings. The number of carboxylic acid groups (broad SMARTS) is 1.